The standard InChI is InChI=1S/C50H54BN3/c1-5-47-29-15-17-31-49(47,7-3)53-42-33-37(52(35-21-11-9-12-22-35)36-23-13-10-14-24-36)34-43-44(42)51(40-27-19-25-38(47)45(40)53)41-28-20-26-39-46(41)54(43)50(8-4)32-18-16-30-48(39,50)6-2/h9-14,19-28,33-34H,5-8,15-18,29-32H2,1-4H3. The molecule has 4 atom stereocenters. The smallest absolute Gasteiger partial charge is 0.252 e. The van der Waals surface area contributed by atoms with Crippen LogP contribution in [0.3, 0.4) is 0 Å². The maximum atomic E-state index is 2.99. The molecule has 3 nitrogen and oxygen atoms in total. The van der Waals surface area contributed by atoms with Crippen molar-refractivity contribution in [2.45, 2.75) is 127 Å². The molecule has 5 aromatic carbocycles. The molecule has 272 valence electrons. The molecule has 0 bridgehead atoms. The fourth-order valence-corrected chi connectivity index (χ4v) is 14.3. The van der Waals surface area contributed by atoms with Gasteiger partial charge in [0.2, 0.25) is 0 Å². The Bertz CT molecular complexity index is 2150. The Morgan fingerprint density at radius 1 is 0.500 bits per heavy atom. The Morgan fingerprint density at radius 3 is 1.37 bits per heavy atom. The van der Waals surface area contributed by atoms with Crippen molar-refractivity contribution in [1.82, 2.24) is 0 Å². The zero-order valence-electron chi connectivity index (χ0n) is 32.8. The molecule has 0 saturated heterocycles. The minimum atomic E-state index is 0.0493. The lowest BCUT2D eigenvalue weighted by Gasteiger charge is -2.57. The highest BCUT2D eigenvalue weighted by molar-refractivity contribution is 7.00. The molecular formula is C50H54BN3. The SMILES string of the molecule is CCC12CCCCC1(CC)N1c3cc(N(c4ccccc4)c4ccccc4)cc4c3B(c3cccc2c31)c1cccc2c1N4C1(CC)CCCCC21CC. The summed E-state index contributed by atoms with van der Waals surface area (Å²) in [5, 5.41) is 0. The monoisotopic (exact) mass is 707 g/mol. The summed E-state index contributed by atoms with van der Waals surface area (Å²) < 4.78 is 0. The first-order valence-corrected chi connectivity index (χ1v) is 21.5. The lowest BCUT2D eigenvalue weighted by molar-refractivity contribution is 0.147. The molecule has 4 unspecified atom stereocenters. The van der Waals surface area contributed by atoms with Crippen LogP contribution in [0.5, 0.6) is 0 Å². The molecule has 11 rings (SSSR count). The van der Waals surface area contributed by atoms with E-state index >= 15 is 0 Å². The van der Waals surface area contributed by atoms with Gasteiger partial charge in [-0.2, -0.15) is 0 Å². The van der Waals surface area contributed by atoms with E-state index in [9.17, 15) is 0 Å². The van der Waals surface area contributed by atoms with E-state index in [1.54, 1.807) is 38.9 Å². The molecule has 4 aliphatic heterocycles. The molecule has 2 aliphatic carbocycles. The van der Waals surface area contributed by atoms with Gasteiger partial charge in [-0.05, 0) is 115 Å². The molecular weight excluding hydrogens is 653 g/mol. The maximum absolute atomic E-state index is 2.99. The van der Waals surface area contributed by atoms with E-state index in [0.29, 0.717) is 0 Å². The van der Waals surface area contributed by atoms with Gasteiger partial charge in [-0.25, -0.2) is 0 Å². The Kier molecular flexibility index (Phi) is 7.04. The minimum absolute atomic E-state index is 0.0493. The first-order chi connectivity index (χ1) is 26.5. The fraction of sp³-hybridized carbons (Fsp3) is 0.400. The molecule has 0 amide bonds. The van der Waals surface area contributed by atoms with Gasteiger partial charge in [-0.3, -0.25) is 0 Å². The van der Waals surface area contributed by atoms with Crippen molar-refractivity contribution in [2.75, 3.05) is 14.7 Å². The highest BCUT2D eigenvalue weighted by Crippen LogP contribution is 2.67. The Balaban J connectivity index is 1.30. The molecule has 54 heavy (non-hydrogen) atoms. The van der Waals surface area contributed by atoms with Crippen LogP contribution in [-0.2, 0) is 10.8 Å². The first kappa shape index (κ1) is 32.9. The predicted molar refractivity (Wildman–Crippen MR) is 230 cm³/mol. The second-order valence-electron chi connectivity index (χ2n) is 17.6. The third kappa shape index (κ3) is 3.67. The molecule has 4 heteroatoms. The zero-order valence-corrected chi connectivity index (χ0v) is 32.8. The van der Waals surface area contributed by atoms with Gasteiger partial charge in [0.05, 0.1) is 16.8 Å². The summed E-state index contributed by atoms with van der Waals surface area (Å²) in [5.41, 5.74) is 18.0. The second-order valence-corrected chi connectivity index (χ2v) is 17.6. The van der Waals surface area contributed by atoms with E-state index < -0.39 is 0 Å². The number of para-hydroxylation sites is 4. The number of fused-ring (bicyclic) bond motifs is 10. The van der Waals surface area contributed by atoms with Crippen LogP contribution in [0.15, 0.2) is 109 Å². The molecule has 0 radical (unpaired) electrons. The minimum Gasteiger partial charge on any atom is -0.335 e. The topological polar surface area (TPSA) is 9.72 Å². The molecule has 0 aromatic heterocycles. The summed E-state index contributed by atoms with van der Waals surface area (Å²) in [6.45, 7) is 10.2. The predicted octanol–water partition coefficient (Wildman–Crippen LogP) is 11.3. The number of benzene rings is 5. The third-order valence-corrected chi connectivity index (χ3v) is 16.3. The third-order valence-electron chi connectivity index (χ3n) is 16.3. The fourth-order valence-electron chi connectivity index (χ4n) is 14.3. The summed E-state index contributed by atoms with van der Waals surface area (Å²) >= 11 is 0. The normalized spacial score (nSPS) is 27.9. The quantitative estimate of drug-likeness (QED) is 0.156. The van der Waals surface area contributed by atoms with Gasteiger partial charge in [0.15, 0.2) is 0 Å². The van der Waals surface area contributed by atoms with Crippen molar-refractivity contribution >= 4 is 62.9 Å². The summed E-state index contributed by atoms with van der Waals surface area (Å²) in [4.78, 5) is 8.52. The van der Waals surface area contributed by atoms with Crippen molar-refractivity contribution < 1.29 is 0 Å². The van der Waals surface area contributed by atoms with Gasteiger partial charge < -0.3 is 14.7 Å². The maximum Gasteiger partial charge on any atom is 0.252 e. The van der Waals surface area contributed by atoms with Crippen molar-refractivity contribution in [2.24, 2.45) is 0 Å². The van der Waals surface area contributed by atoms with Gasteiger partial charge in [0.1, 0.15) is 0 Å². The van der Waals surface area contributed by atoms with Gasteiger partial charge in [0, 0.05) is 45.0 Å². The van der Waals surface area contributed by atoms with E-state index in [4.69, 9.17) is 0 Å². The Hall–Kier alpha value is -4.44. The number of anilines is 7. The van der Waals surface area contributed by atoms with Gasteiger partial charge in [-0.1, -0.05) is 126 Å². The Morgan fingerprint density at radius 2 is 0.944 bits per heavy atom. The number of hydrogen-bond acceptors (Lipinski definition) is 3. The van der Waals surface area contributed by atoms with Crippen molar-refractivity contribution in [3.8, 4) is 0 Å². The zero-order chi connectivity index (χ0) is 36.5. The van der Waals surface area contributed by atoms with Gasteiger partial charge in [-0.15, -0.1) is 0 Å². The number of nitrogens with zero attached hydrogens (tertiary/aromatic N) is 3. The van der Waals surface area contributed by atoms with Crippen LogP contribution in [0, 0.1) is 0 Å². The average Bonchev–Trinajstić information content (AvgIpc) is 3.66. The van der Waals surface area contributed by atoms with Crippen LogP contribution in [-0.4, -0.2) is 17.8 Å². The van der Waals surface area contributed by atoms with Crippen LogP contribution in [0.2, 0.25) is 0 Å². The van der Waals surface area contributed by atoms with Gasteiger partial charge >= 0.3 is 0 Å². The summed E-state index contributed by atoms with van der Waals surface area (Å²) in [5.74, 6) is 0. The van der Waals surface area contributed by atoms with E-state index in [1.807, 2.05) is 0 Å². The molecule has 0 N–H and O–H groups in total. The average molecular weight is 708 g/mol. The first-order valence-electron chi connectivity index (χ1n) is 21.5. The molecule has 2 fully saturated rings. The highest BCUT2D eigenvalue weighted by atomic mass is 15.3. The second kappa shape index (κ2) is 11.5. The highest BCUT2D eigenvalue weighted by Gasteiger charge is 2.67. The van der Waals surface area contributed by atoms with Crippen LogP contribution in [0.1, 0.15) is 116 Å². The summed E-state index contributed by atoms with van der Waals surface area (Å²) in [6.07, 6.45) is 15.0. The van der Waals surface area contributed by atoms with Crippen molar-refractivity contribution in [3.63, 3.8) is 0 Å². The summed E-state index contributed by atoms with van der Waals surface area (Å²) in [6, 6.07) is 42.6. The van der Waals surface area contributed by atoms with Crippen molar-refractivity contribution in [3.05, 3.63) is 120 Å². The molecule has 6 aliphatic rings. The van der Waals surface area contributed by atoms with E-state index in [2.05, 4.69) is 152 Å². The Labute approximate surface area is 323 Å². The largest absolute Gasteiger partial charge is 0.335 e. The number of rotatable bonds is 7. The lowest BCUT2D eigenvalue weighted by atomic mass is 9.33. The van der Waals surface area contributed by atoms with Crippen LogP contribution in [0.25, 0.3) is 0 Å². The van der Waals surface area contributed by atoms with Crippen LogP contribution >= 0.6 is 0 Å². The molecule has 5 aromatic rings. The van der Waals surface area contributed by atoms with E-state index in [0.717, 1.165) is 12.8 Å². The van der Waals surface area contributed by atoms with E-state index in [-0.39, 0.29) is 28.6 Å². The lowest BCUT2D eigenvalue weighted by Crippen LogP contribution is -2.67. The van der Waals surface area contributed by atoms with Crippen LogP contribution < -0.4 is 31.1 Å². The van der Waals surface area contributed by atoms with Gasteiger partial charge in [0.25, 0.3) is 6.71 Å². The molecule has 2 saturated carbocycles. The summed E-state index contributed by atoms with van der Waals surface area (Å²) in [7, 11) is 0. The molecule has 4 heterocycles. The van der Waals surface area contributed by atoms with Crippen LogP contribution in [0.4, 0.5) is 39.8 Å². The van der Waals surface area contributed by atoms with E-state index in [1.165, 1.54) is 92.6 Å². The number of hydrogen-bond donors (Lipinski definition) is 0. The van der Waals surface area contributed by atoms with Crippen molar-refractivity contribution in [1.29, 1.82) is 0 Å². The molecule has 0 spiro atoms.